The third-order valence-corrected chi connectivity index (χ3v) is 3.43. The van der Waals surface area contributed by atoms with Crippen molar-refractivity contribution in [2.45, 2.75) is 32.1 Å². The van der Waals surface area contributed by atoms with Crippen molar-refractivity contribution in [1.82, 2.24) is 9.80 Å². The molecule has 0 spiro atoms. The number of likely N-dealkylation sites (tertiary alicyclic amines) is 2. The van der Waals surface area contributed by atoms with Crippen LogP contribution in [0.2, 0.25) is 0 Å². The Balaban J connectivity index is 0.000000191. The maximum absolute atomic E-state index is 11.0. The molecule has 0 aromatic rings. The number of carbonyl (C=O) groups is 2. The van der Waals surface area contributed by atoms with Gasteiger partial charge in [0, 0.05) is 26.2 Å². The van der Waals surface area contributed by atoms with E-state index >= 15 is 0 Å². The van der Waals surface area contributed by atoms with E-state index in [0.29, 0.717) is 0 Å². The smallest absolute Gasteiger partial charge is 0.245 e. The highest BCUT2D eigenvalue weighted by molar-refractivity contribution is 5.87. The Labute approximate surface area is 115 Å². The van der Waals surface area contributed by atoms with E-state index in [2.05, 4.69) is 13.2 Å². The second-order valence-electron chi connectivity index (χ2n) is 4.83. The Morgan fingerprint density at radius 2 is 1.00 bits per heavy atom. The van der Waals surface area contributed by atoms with Crippen LogP contribution < -0.4 is 0 Å². The molecule has 0 aromatic carbocycles. The van der Waals surface area contributed by atoms with E-state index in [4.69, 9.17) is 0 Å². The summed E-state index contributed by atoms with van der Waals surface area (Å²) in [6.45, 7) is 10.5. The third-order valence-electron chi connectivity index (χ3n) is 3.43. The molecule has 2 aliphatic rings. The summed E-state index contributed by atoms with van der Waals surface area (Å²) in [6.07, 6.45) is 8.65. The van der Waals surface area contributed by atoms with Gasteiger partial charge in [0.05, 0.1) is 0 Å². The molecule has 106 valence electrons. The molecule has 0 saturated carbocycles. The predicted octanol–water partition coefficient (Wildman–Crippen LogP) is 1.98. The number of piperidine rings is 1. The van der Waals surface area contributed by atoms with Crippen LogP contribution in [0, 0.1) is 0 Å². The molecular formula is C15H24N2O2. The fourth-order valence-electron chi connectivity index (χ4n) is 2.31. The van der Waals surface area contributed by atoms with Gasteiger partial charge >= 0.3 is 0 Å². The van der Waals surface area contributed by atoms with E-state index < -0.39 is 0 Å². The molecule has 2 aliphatic heterocycles. The molecule has 0 bridgehead atoms. The average molecular weight is 264 g/mol. The molecule has 19 heavy (non-hydrogen) atoms. The first kappa shape index (κ1) is 15.5. The second kappa shape index (κ2) is 8.51. The van der Waals surface area contributed by atoms with Gasteiger partial charge in [-0.3, -0.25) is 9.59 Å². The molecule has 0 radical (unpaired) electrons. The van der Waals surface area contributed by atoms with Crippen LogP contribution in [0.5, 0.6) is 0 Å². The van der Waals surface area contributed by atoms with Gasteiger partial charge < -0.3 is 9.80 Å². The molecule has 2 amide bonds. The highest BCUT2D eigenvalue weighted by atomic mass is 16.2. The lowest BCUT2D eigenvalue weighted by molar-refractivity contribution is -0.127. The van der Waals surface area contributed by atoms with Crippen LogP contribution in [-0.4, -0.2) is 47.8 Å². The molecule has 0 atom stereocenters. The number of hydrogen-bond acceptors (Lipinski definition) is 2. The van der Waals surface area contributed by atoms with Gasteiger partial charge in [0.2, 0.25) is 11.8 Å². The Kier molecular flexibility index (Phi) is 6.93. The van der Waals surface area contributed by atoms with Crippen LogP contribution in [0.1, 0.15) is 32.1 Å². The van der Waals surface area contributed by atoms with E-state index in [0.717, 1.165) is 51.9 Å². The quantitative estimate of drug-likeness (QED) is 0.716. The maximum Gasteiger partial charge on any atom is 0.245 e. The van der Waals surface area contributed by atoms with Crippen LogP contribution >= 0.6 is 0 Å². The molecular weight excluding hydrogens is 240 g/mol. The summed E-state index contributed by atoms with van der Waals surface area (Å²) in [6, 6.07) is 0. The normalized spacial score (nSPS) is 18.3. The number of hydrogen-bond donors (Lipinski definition) is 0. The predicted molar refractivity (Wildman–Crippen MR) is 76.6 cm³/mol. The second-order valence-corrected chi connectivity index (χ2v) is 4.83. The molecule has 0 aliphatic carbocycles. The molecule has 4 heteroatoms. The fraction of sp³-hybridized carbons (Fsp3) is 0.600. The summed E-state index contributed by atoms with van der Waals surface area (Å²) in [5.41, 5.74) is 0. The molecule has 2 rings (SSSR count). The van der Waals surface area contributed by atoms with Crippen molar-refractivity contribution in [2.24, 2.45) is 0 Å². The third kappa shape index (κ3) is 5.28. The summed E-state index contributed by atoms with van der Waals surface area (Å²) in [4.78, 5) is 25.5. The number of amides is 2. The molecule has 4 nitrogen and oxygen atoms in total. The van der Waals surface area contributed by atoms with E-state index in [1.54, 1.807) is 0 Å². The van der Waals surface area contributed by atoms with Crippen molar-refractivity contribution in [3.8, 4) is 0 Å². The first-order valence-corrected chi connectivity index (χ1v) is 7.01. The molecule has 2 fully saturated rings. The minimum Gasteiger partial charge on any atom is -0.339 e. The summed E-state index contributed by atoms with van der Waals surface area (Å²) < 4.78 is 0. The van der Waals surface area contributed by atoms with Crippen molar-refractivity contribution < 1.29 is 9.59 Å². The van der Waals surface area contributed by atoms with Gasteiger partial charge in [-0.15, -0.1) is 0 Å². The van der Waals surface area contributed by atoms with Crippen molar-refractivity contribution >= 4 is 11.8 Å². The lowest BCUT2D eigenvalue weighted by Gasteiger charge is -2.25. The van der Waals surface area contributed by atoms with Gasteiger partial charge in [-0.05, 0) is 44.3 Å². The summed E-state index contributed by atoms with van der Waals surface area (Å²) in [7, 11) is 0. The summed E-state index contributed by atoms with van der Waals surface area (Å²) >= 11 is 0. The van der Waals surface area contributed by atoms with Crippen LogP contribution in [-0.2, 0) is 9.59 Å². The first-order chi connectivity index (χ1) is 9.19. The molecule has 0 aromatic heterocycles. The van der Waals surface area contributed by atoms with Gasteiger partial charge in [0.15, 0.2) is 0 Å². The number of carbonyl (C=O) groups excluding carboxylic acids is 2. The monoisotopic (exact) mass is 264 g/mol. The lowest BCUT2D eigenvalue weighted by atomic mass is 10.1. The number of nitrogens with zero attached hydrogens (tertiary/aromatic N) is 2. The van der Waals surface area contributed by atoms with E-state index in [-0.39, 0.29) is 11.8 Å². The van der Waals surface area contributed by atoms with Crippen molar-refractivity contribution in [2.75, 3.05) is 26.2 Å². The Morgan fingerprint density at radius 1 is 0.684 bits per heavy atom. The largest absolute Gasteiger partial charge is 0.339 e. The fourth-order valence-corrected chi connectivity index (χ4v) is 2.31. The van der Waals surface area contributed by atoms with Gasteiger partial charge in [0.1, 0.15) is 0 Å². The Hall–Kier alpha value is -1.58. The van der Waals surface area contributed by atoms with E-state index in [1.165, 1.54) is 18.6 Å². The minimum atomic E-state index is 0.0764. The maximum atomic E-state index is 11.0. The van der Waals surface area contributed by atoms with Gasteiger partial charge in [-0.2, -0.15) is 0 Å². The van der Waals surface area contributed by atoms with Crippen LogP contribution in [0.25, 0.3) is 0 Å². The van der Waals surface area contributed by atoms with Gasteiger partial charge in [0.25, 0.3) is 0 Å². The Morgan fingerprint density at radius 3 is 1.32 bits per heavy atom. The number of rotatable bonds is 2. The zero-order chi connectivity index (χ0) is 14.1. The van der Waals surface area contributed by atoms with Crippen LogP contribution in [0.4, 0.5) is 0 Å². The zero-order valence-electron chi connectivity index (χ0n) is 11.6. The molecule has 0 unspecified atom stereocenters. The molecule has 2 saturated heterocycles. The van der Waals surface area contributed by atoms with Crippen molar-refractivity contribution in [3.05, 3.63) is 25.3 Å². The zero-order valence-corrected chi connectivity index (χ0v) is 11.6. The average Bonchev–Trinajstić information content (AvgIpc) is 3.01. The van der Waals surface area contributed by atoms with Crippen molar-refractivity contribution in [1.29, 1.82) is 0 Å². The van der Waals surface area contributed by atoms with Crippen LogP contribution in [0.15, 0.2) is 25.3 Å². The standard InChI is InChI=1S/C8H13NO.C7H11NO/c1-2-8(10)9-6-4-3-5-7-9;1-2-7(9)8-5-3-4-6-8/h2H,1,3-7H2;2H,1,3-6H2. The van der Waals surface area contributed by atoms with E-state index in [9.17, 15) is 9.59 Å². The molecule has 0 N–H and O–H groups in total. The van der Waals surface area contributed by atoms with E-state index in [1.807, 2.05) is 9.80 Å². The highest BCUT2D eigenvalue weighted by Gasteiger charge is 2.14. The minimum absolute atomic E-state index is 0.0764. The summed E-state index contributed by atoms with van der Waals surface area (Å²) in [5.74, 6) is 0.159. The molecule has 2 heterocycles. The Bertz CT molecular complexity index is 327. The lowest BCUT2D eigenvalue weighted by Crippen LogP contribution is -2.34. The van der Waals surface area contributed by atoms with Gasteiger partial charge in [-0.25, -0.2) is 0 Å². The van der Waals surface area contributed by atoms with Crippen molar-refractivity contribution in [3.63, 3.8) is 0 Å². The summed E-state index contributed by atoms with van der Waals surface area (Å²) in [5, 5.41) is 0. The highest BCUT2D eigenvalue weighted by Crippen LogP contribution is 2.08. The van der Waals surface area contributed by atoms with Crippen LogP contribution in [0.3, 0.4) is 0 Å². The topological polar surface area (TPSA) is 40.6 Å². The SMILES string of the molecule is C=CC(=O)N1CCCC1.C=CC(=O)N1CCCCC1. The van der Waals surface area contributed by atoms with Gasteiger partial charge in [-0.1, -0.05) is 13.2 Å². The first-order valence-electron chi connectivity index (χ1n) is 7.01.